The van der Waals surface area contributed by atoms with Crippen LogP contribution in [0.1, 0.15) is 38.8 Å². The molecule has 120 valence electrons. The molecule has 1 heterocycles. The number of carbonyl (C=O) groups is 1. The minimum atomic E-state index is -0.370. The lowest BCUT2D eigenvalue weighted by Crippen LogP contribution is -2.44. The van der Waals surface area contributed by atoms with Gasteiger partial charge in [0.15, 0.2) is 5.78 Å². The average molecular weight is 301 g/mol. The summed E-state index contributed by atoms with van der Waals surface area (Å²) in [5, 5.41) is 0. The van der Waals surface area contributed by atoms with Crippen LogP contribution in [-0.4, -0.2) is 36.0 Å². The second kappa shape index (κ2) is 7.10. The fourth-order valence-corrected chi connectivity index (χ4v) is 2.56. The molecule has 0 aromatic heterocycles. The maximum atomic E-state index is 12.8. The van der Waals surface area contributed by atoms with E-state index in [2.05, 4.69) is 38.7 Å². The van der Waals surface area contributed by atoms with Crippen molar-refractivity contribution in [2.24, 2.45) is 5.92 Å². The third-order valence-electron chi connectivity index (χ3n) is 3.85. The number of carbonyl (C=O) groups excluding carboxylic acids is 1. The number of aryl methyl sites for hydroxylation is 1. The molecular weight excluding hydrogens is 274 g/mol. The van der Waals surface area contributed by atoms with Crippen molar-refractivity contribution >= 4 is 11.4 Å². The van der Waals surface area contributed by atoms with Gasteiger partial charge in [0.05, 0.1) is 6.54 Å². The van der Waals surface area contributed by atoms with Crippen molar-refractivity contribution in [3.05, 3.63) is 41.6 Å². The predicted octanol–water partition coefficient (Wildman–Crippen LogP) is 3.67. The van der Waals surface area contributed by atoms with Crippen molar-refractivity contribution in [3.8, 4) is 0 Å². The first-order chi connectivity index (χ1) is 10.4. The molecule has 1 aliphatic rings. The molecule has 0 spiro atoms. The van der Waals surface area contributed by atoms with Gasteiger partial charge in [-0.2, -0.15) is 0 Å². The number of rotatable bonds is 5. The standard InChI is InChI=1S/C19H27NO2/c1-13(2)12-22-18-11-20(14(3)4)10-17(19(18)21)16-8-6-7-15(5)9-16/h6-10,13-14,18H,11-12H2,1-5H3. The van der Waals surface area contributed by atoms with E-state index in [1.165, 1.54) is 0 Å². The van der Waals surface area contributed by atoms with Gasteiger partial charge < -0.3 is 9.64 Å². The van der Waals surface area contributed by atoms with Crippen molar-refractivity contribution in [2.45, 2.75) is 46.8 Å². The zero-order valence-electron chi connectivity index (χ0n) is 14.3. The molecule has 0 amide bonds. The summed E-state index contributed by atoms with van der Waals surface area (Å²) < 4.78 is 5.89. The minimum Gasteiger partial charge on any atom is -0.371 e. The molecule has 0 saturated carbocycles. The molecule has 0 radical (unpaired) electrons. The quantitative estimate of drug-likeness (QED) is 0.831. The van der Waals surface area contributed by atoms with Crippen LogP contribution in [-0.2, 0) is 9.53 Å². The van der Waals surface area contributed by atoms with Crippen LogP contribution >= 0.6 is 0 Å². The summed E-state index contributed by atoms with van der Waals surface area (Å²) in [4.78, 5) is 15.0. The Labute approximate surface area is 134 Å². The molecule has 1 aliphatic heterocycles. The molecular formula is C19H27NO2. The number of ether oxygens (including phenoxy) is 1. The van der Waals surface area contributed by atoms with E-state index in [1.54, 1.807) is 0 Å². The Kier molecular flexibility index (Phi) is 5.41. The summed E-state index contributed by atoms with van der Waals surface area (Å²) in [5.74, 6) is 0.525. The zero-order valence-corrected chi connectivity index (χ0v) is 14.3. The fourth-order valence-electron chi connectivity index (χ4n) is 2.56. The average Bonchev–Trinajstić information content (AvgIpc) is 2.45. The third kappa shape index (κ3) is 3.98. The van der Waals surface area contributed by atoms with Crippen LogP contribution in [0.3, 0.4) is 0 Å². The highest BCUT2D eigenvalue weighted by molar-refractivity contribution is 6.23. The van der Waals surface area contributed by atoms with Gasteiger partial charge in [-0.1, -0.05) is 43.7 Å². The topological polar surface area (TPSA) is 29.5 Å². The van der Waals surface area contributed by atoms with Crippen LogP contribution < -0.4 is 0 Å². The van der Waals surface area contributed by atoms with Crippen LogP contribution in [0.15, 0.2) is 30.5 Å². The van der Waals surface area contributed by atoms with Crippen molar-refractivity contribution in [1.82, 2.24) is 4.90 Å². The van der Waals surface area contributed by atoms with Crippen molar-refractivity contribution in [1.29, 1.82) is 0 Å². The van der Waals surface area contributed by atoms with E-state index in [0.29, 0.717) is 25.1 Å². The van der Waals surface area contributed by atoms with E-state index in [1.807, 2.05) is 31.3 Å². The summed E-state index contributed by atoms with van der Waals surface area (Å²) in [6.07, 6.45) is 1.63. The van der Waals surface area contributed by atoms with E-state index in [9.17, 15) is 4.79 Å². The van der Waals surface area contributed by atoms with Gasteiger partial charge in [-0.15, -0.1) is 0 Å². The lowest BCUT2D eigenvalue weighted by molar-refractivity contribution is -0.127. The molecule has 3 nitrogen and oxygen atoms in total. The van der Waals surface area contributed by atoms with Gasteiger partial charge >= 0.3 is 0 Å². The molecule has 2 rings (SSSR count). The van der Waals surface area contributed by atoms with E-state index < -0.39 is 0 Å². The first kappa shape index (κ1) is 16.8. The Morgan fingerprint density at radius 3 is 2.59 bits per heavy atom. The predicted molar refractivity (Wildman–Crippen MR) is 90.6 cm³/mol. The van der Waals surface area contributed by atoms with Gasteiger partial charge in [-0.05, 0) is 32.3 Å². The first-order valence-electron chi connectivity index (χ1n) is 8.09. The van der Waals surface area contributed by atoms with E-state index in [0.717, 1.165) is 16.7 Å². The first-order valence-corrected chi connectivity index (χ1v) is 8.09. The van der Waals surface area contributed by atoms with Crippen LogP contribution in [0.5, 0.6) is 0 Å². The van der Waals surface area contributed by atoms with Crippen LogP contribution in [0, 0.1) is 12.8 Å². The lowest BCUT2D eigenvalue weighted by atomic mass is 9.94. The Balaban J connectivity index is 2.30. The highest BCUT2D eigenvalue weighted by Gasteiger charge is 2.31. The smallest absolute Gasteiger partial charge is 0.195 e. The zero-order chi connectivity index (χ0) is 16.3. The van der Waals surface area contributed by atoms with Crippen LogP contribution in [0.4, 0.5) is 0 Å². The molecule has 1 aromatic carbocycles. The van der Waals surface area contributed by atoms with Crippen LogP contribution in [0.2, 0.25) is 0 Å². The summed E-state index contributed by atoms with van der Waals surface area (Å²) in [6, 6.07) is 8.45. The number of benzene rings is 1. The number of nitrogens with zero attached hydrogens (tertiary/aromatic N) is 1. The summed E-state index contributed by atoms with van der Waals surface area (Å²) in [6.45, 7) is 11.8. The maximum absolute atomic E-state index is 12.8. The summed E-state index contributed by atoms with van der Waals surface area (Å²) >= 11 is 0. The van der Waals surface area contributed by atoms with Gasteiger partial charge in [0, 0.05) is 24.4 Å². The molecule has 22 heavy (non-hydrogen) atoms. The van der Waals surface area contributed by atoms with Gasteiger partial charge in [0.25, 0.3) is 0 Å². The van der Waals surface area contributed by atoms with Crippen molar-refractivity contribution < 1.29 is 9.53 Å². The Morgan fingerprint density at radius 2 is 2.00 bits per heavy atom. The lowest BCUT2D eigenvalue weighted by Gasteiger charge is -2.34. The fraction of sp³-hybridized carbons (Fsp3) is 0.526. The number of hydrogen-bond donors (Lipinski definition) is 0. The normalized spacial score (nSPS) is 19.0. The second-order valence-electron chi connectivity index (χ2n) is 6.78. The van der Waals surface area contributed by atoms with Gasteiger partial charge in [0.1, 0.15) is 6.10 Å². The largest absolute Gasteiger partial charge is 0.371 e. The van der Waals surface area contributed by atoms with E-state index in [4.69, 9.17) is 4.74 Å². The van der Waals surface area contributed by atoms with E-state index >= 15 is 0 Å². The third-order valence-corrected chi connectivity index (χ3v) is 3.85. The van der Waals surface area contributed by atoms with Gasteiger partial charge in [0.2, 0.25) is 0 Å². The molecule has 0 fully saturated rings. The molecule has 1 unspecified atom stereocenters. The summed E-state index contributed by atoms with van der Waals surface area (Å²) in [5.41, 5.74) is 2.90. The molecule has 3 heteroatoms. The minimum absolute atomic E-state index is 0.100. The van der Waals surface area contributed by atoms with Crippen LogP contribution in [0.25, 0.3) is 5.57 Å². The number of ketones is 1. The van der Waals surface area contributed by atoms with Gasteiger partial charge in [-0.3, -0.25) is 4.79 Å². The molecule has 0 N–H and O–H groups in total. The number of hydrogen-bond acceptors (Lipinski definition) is 3. The van der Waals surface area contributed by atoms with E-state index in [-0.39, 0.29) is 11.9 Å². The molecule has 1 aromatic rings. The molecule has 0 aliphatic carbocycles. The molecule has 0 saturated heterocycles. The number of Topliss-reactive ketones (excluding diaryl/α,β-unsaturated/α-hetero) is 1. The highest BCUT2D eigenvalue weighted by atomic mass is 16.5. The monoisotopic (exact) mass is 301 g/mol. The Morgan fingerprint density at radius 1 is 1.27 bits per heavy atom. The second-order valence-corrected chi connectivity index (χ2v) is 6.78. The van der Waals surface area contributed by atoms with Crippen molar-refractivity contribution in [3.63, 3.8) is 0 Å². The molecule has 0 bridgehead atoms. The highest BCUT2D eigenvalue weighted by Crippen LogP contribution is 2.26. The van der Waals surface area contributed by atoms with Crippen molar-refractivity contribution in [2.75, 3.05) is 13.2 Å². The summed E-state index contributed by atoms with van der Waals surface area (Å²) in [7, 11) is 0. The molecule has 1 atom stereocenters. The maximum Gasteiger partial charge on any atom is 0.195 e. The Bertz CT molecular complexity index is 560. The Hall–Kier alpha value is -1.61. The SMILES string of the molecule is Cc1cccc(C2=CN(C(C)C)CC(OCC(C)C)C2=O)c1. The van der Waals surface area contributed by atoms with Gasteiger partial charge in [-0.25, -0.2) is 0 Å².